The van der Waals surface area contributed by atoms with Crippen molar-refractivity contribution in [3.05, 3.63) is 41.0 Å². The molecule has 0 unspecified atom stereocenters. The highest BCUT2D eigenvalue weighted by Crippen LogP contribution is 2.25. The number of benzene rings is 1. The number of aromatic nitrogens is 2. The van der Waals surface area contributed by atoms with Crippen molar-refractivity contribution < 1.29 is 0 Å². The zero-order valence-electron chi connectivity index (χ0n) is 11.7. The molecule has 1 aromatic heterocycles. The van der Waals surface area contributed by atoms with Crippen molar-refractivity contribution in [2.75, 3.05) is 30.6 Å². The lowest BCUT2D eigenvalue weighted by Crippen LogP contribution is -2.09. The number of anilines is 2. The average molecular weight is 309 g/mol. The molecular formula is C14H17ClN4S. The SMILES string of the molecule is CSc1nccc(NCc2ccc(N(C)C)c(Cl)c2)n1. The first-order valence-corrected chi connectivity index (χ1v) is 7.77. The first-order chi connectivity index (χ1) is 9.60. The van der Waals surface area contributed by atoms with Gasteiger partial charge in [0.05, 0.1) is 10.7 Å². The third-order valence-corrected chi connectivity index (χ3v) is 3.65. The molecule has 0 atom stereocenters. The minimum atomic E-state index is 0.679. The van der Waals surface area contributed by atoms with E-state index in [1.54, 1.807) is 6.20 Å². The van der Waals surface area contributed by atoms with E-state index in [1.807, 2.05) is 43.5 Å². The predicted octanol–water partition coefficient (Wildman–Crippen LogP) is 3.53. The van der Waals surface area contributed by atoms with Crippen molar-refractivity contribution in [3.8, 4) is 0 Å². The largest absolute Gasteiger partial charge is 0.376 e. The summed E-state index contributed by atoms with van der Waals surface area (Å²) >= 11 is 7.78. The van der Waals surface area contributed by atoms with Crippen molar-refractivity contribution in [2.45, 2.75) is 11.7 Å². The highest BCUT2D eigenvalue weighted by Gasteiger charge is 2.04. The predicted molar refractivity (Wildman–Crippen MR) is 86.9 cm³/mol. The highest BCUT2D eigenvalue weighted by atomic mass is 35.5. The van der Waals surface area contributed by atoms with Gasteiger partial charge in [0.2, 0.25) is 0 Å². The van der Waals surface area contributed by atoms with Crippen molar-refractivity contribution in [1.82, 2.24) is 9.97 Å². The molecule has 0 fully saturated rings. The molecule has 2 aromatic rings. The van der Waals surface area contributed by atoms with Gasteiger partial charge in [-0.15, -0.1) is 0 Å². The van der Waals surface area contributed by atoms with Crippen LogP contribution >= 0.6 is 23.4 Å². The Labute approximate surface area is 128 Å². The standard InChI is InChI=1S/C14H17ClN4S/c1-19(2)12-5-4-10(8-11(12)15)9-17-13-6-7-16-14(18-13)20-3/h4-8H,9H2,1-3H3,(H,16,17,18). The molecule has 0 aliphatic rings. The van der Waals surface area contributed by atoms with Crippen LogP contribution in [-0.2, 0) is 6.54 Å². The zero-order chi connectivity index (χ0) is 14.5. The van der Waals surface area contributed by atoms with Crippen LogP contribution in [0.5, 0.6) is 0 Å². The molecule has 20 heavy (non-hydrogen) atoms. The first-order valence-electron chi connectivity index (χ1n) is 6.17. The lowest BCUT2D eigenvalue weighted by Gasteiger charge is -2.15. The number of rotatable bonds is 5. The van der Waals surface area contributed by atoms with Crippen molar-refractivity contribution in [3.63, 3.8) is 0 Å². The Hall–Kier alpha value is -1.46. The number of nitrogens with zero attached hydrogens (tertiary/aromatic N) is 3. The molecule has 0 amide bonds. The Bertz CT molecular complexity index is 589. The van der Waals surface area contributed by atoms with Gasteiger partial charge in [-0.2, -0.15) is 0 Å². The summed E-state index contributed by atoms with van der Waals surface area (Å²) in [6, 6.07) is 7.91. The van der Waals surface area contributed by atoms with Crippen LogP contribution in [0.1, 0.15) is 5.56 Å². The molecule has 0 spiro atoms. The van der Waals surface area contributed by atoms with Gasteiger partial charge < -0.3 is 10.2 Å². The second-order valence-electron chi connectivity index (χ2n) is 4.46. The Kier molecular flexibility index (Phi) is 5.09. The van der Waals surface area contributed by atoms with E-state index in [1.165, 1.54) is 11.8 Å². The third-order valence-electron chi connectivity index (χ3n) is 2.78. The summed E-state index contributed by atoms with van der Waals surface area (Å²) in [7, 11) is 3.95. The number of hydrogen-bond acceptors (Lipinski definition) is 5. The molecule has 0 saturated heterocycles. The molecule has 1 aromatic carbocycles. The van der Waals surface area contributed by atoms with Crippen LogP contribution < -0.4 is 10.2 Å². The first kappa shape index (κ1) is 14.9. The third kappa shape index (κ3) is 3.77. The second-order valence-corrected chi connectivity index (χ2v) is 5.64. The summed E-state index contributed by atoms with van der Waals surface area (Å²) in [5.74, 6) is 0.817. The summed E-state index contributed by atoms with van der Waals surface area (Å²) < 4.78 is 0. The van der Waals surface area contributed by atoms with Crippen LogP contribution in [0, 0.1) is 0 Å². The summed E-state index contributed by atoms with van der Waals surface area (Å²) in [6.07, 6.45) is 3.71. The van der Waals surface area contributed by atoms with Crippen LogP contribution in [0.2, 0.25) is 5.02 Å². The summed E-state index contributed by atoms with van der Waals surface area (Å²) in [4.78, 5) is 10.5. The average Bonchev–Trinajstić information content (AvgIpc) is 2.45. The van der Waals surface area contributed by atoms with Gasteiger partial charge in [-0.25, -0.2) is 9.97 Å². The molecule has 0 saturated carbocycles. The molecule has 1 N–H and O–H groups in total. The van der Waals surface area contributed by atoms with Crippen molar-refractivity contribution >= 4 is 34.9 Å². The van der Waals surface area contributed by atoms with Gasteiger partial charge in [0.1, 0.15) is 5.82 Å². The molecular weight excluding hydrogens is 292 g/mol. The van der Waals surface area contributed by atoms with Gasteiger partial charge in [0.15, 0.2) is 5.16 Å². The van der Waals surface area contributed by atoms with Crippen LogP contribution in [0.4, 0.5) is 11.5 Å². The monoisotopic (exact) mass is 308 g/mol. The van der Waals surface area contributed by atoms with Gasteiger partial charge in [-0.3, -0.25) is 0 Å². The van der Waals surface area contributed by atoms with E-state index in [2.05, 4.69) is 21.4 Å². The lowest BCUT2D eigenvalue weighted by atomic mass is 10.2. The van der Waals surface area contributed by atoms with Gasteiger partial charge in [-0.1, -0.05) is 29.4 Å². The van der Waals surface area contributed by atoms with E-state index in [0.29, 0.717) is 6.54 Å². The summed E-state index contributed by atoms with van der Waals surface area (Å²) in [5, 5.41) is 4.79. The van der Waals surface area contributed by atoms with Crippen LogP contribution in [0.25, 0.3) is 0 Å². The topological polar surface area (TPSA) is 41.1 Å². The molecule has 0 aliphatic carbocycles. The van der Waals surface area contributed by atoms with E-state index < -0.39 is 0 Å². The van der Waals surface area contributed by atoms with E-state index >= 15 is 0 Å². The quantitative estimate of drug-likeness (QED) is 0.676. The van der Waals surface area contributed by atoms with Gasteiger partial charge in [-0.05, 0) is 30.0 Å². The van der Waals surface area contributed by atoms with E-state index in [9.17, 15) is 0 Å². The van der Waals surface area contributed by atoms with E-state index in [0.717, 1.165) is 27.2 Å². The van der Waals surface area contributed by atoms with Gasteiger partial charge >= 0.3 is 0 Å². The maximum atomic E-state index is 6.26. The van der Waals surface area contributed by atoms with Gasteiger partial charge in [0.25, 0.3) is 0 Å². The Balaban J connectivity index is 2.05. The van der Waals surface area contributed by atoms with Crippen LogP contribution in [-0.4, -0.2) is 30.3 Å². The highest BCUT2D eigenvalue weighted by molar-refractivity contribution is 7.98. The number of hydrogen-bond donors (Lipinski definition) is 1. The minimum Gasteiger partial charge on any atom is -0.376 e. The Morgan fingerprint density at radius 1 is 1.30 bits per heavy atom. The number of halogens is 1. The molecule has 2 rings (SSSR count). The minimum absolute atomic E-state index is 0.679. The smallest absolute Gasteiger partial charge is 0.189 e. The van der Waals surface area contributed by atoms with E-state index in [-0.39, 0.29) is 0 Å². The second kappa shape index (κ2) is 6.81. The summed E-state index contributed by atoms with van der Waals surface area (Å²) in [6.45, 7) is 0.679. The zero-order valence-corrected chi connectivity index (χ0v) is 13.3. The maximum Gasteiger partial charge on any atom is 0.189 e. The van der Waals surface area contributed by atoms with Gasteiger partial charge in [0, 0.05) is 26.8 Å². The molecule has 0 radical (unpaired) electrons. The van der Waals surface area contributed by atoms with Crippen molar-refractivity contribution in [2.24, 2.45) is 0 Å². The van der Waals surface area contributed by atoms with Crippen molar-refractivity contribution in [1.29, 1.82) is 0 Å². The molecule has 0 aliphatic heterocycles. The fraction of sp³-hybridized carbons (Fsp3) is 0.286. The maximum absolute atomic E-state index is 6.26. The number of nitrogens with one attached hydrogen (secondary N) is 1. The Morgan fingerprint density at radius 2 is 2.10 bits per heavy atom. The summed E-state index contributed by atoms with van der Waals surface area (Å²) in [5.41, 5.74) is 2.13. The van der Waals surface area contributed by atoms with E-state index in [4.69, 9.17) is 11.6 Å². The normalized spacial score (nSPS) is 10.4. The Morgan fingerprint density at radius 3 is 2.75 bits per heavy atom. The molecule has 1 heterocycles. The molecule has 4 nitrogen and oxygen atoms in total. The molecule has 0 bridgehead atoms. The molecule has 6 heteroatoms. The van der Waals surface area contributed by atoms with Crippen LogP contribution in [0.3, 0.4) is 0 Å². The lowest BCUT2D eigenvalue weighted by molar-refractivity contribution is 0.956. The fourth-order valence-corrected chi connectivity index (χ4v) is 2.48. The number of thioether (sulfide) groups is 1. The molecule has 106 valence electrons. The fourth-order valence-electron chi connectivity index (χ4n) is 1.75. The van der Waals surface area contributed by atoms with Crippen LogP contribution in [0.15, 0.2) is 35.6 Å².